The second-order valence-corrected chi connectivity index (χ2v) is 5.28. The van der Waals surface area contributed by atoms with Gasteiger partial charge in [0.05, 0.1) is 13.2 Å². The van der Waals surface area contributed by atoms with Crippen LogP contribution in [0.1, 0.15) is 19.4 Å². The lowest BCUT2D eigenvalue weighted by molar-refractivity contribution is -0.118. The third kappa shape index (κ3) is 4.63. The maximum atomic E-state index is 11.9. The standard InChI is InChI=1S/C14H23N3O2/c1-14(2,10-18)17(3)9-13(19)16-12-6-4-11(8-15)5-7-12/h4-7,18H,8-10,15H2,1-3H3,(H,16,19). The molecule has 0 bridgehead atoms. The largest absolute Gasteiger partial charge is 0.394 e. The predicted octanol–water partition coefficient (Wildman–Crippen LogP) is 0.786. The molecule has 1 rings (SSSR count). The molecule has 5 heteroatoms. The number of aliphatic hydroxyl groups is 1. The first kappa shape index (κ1) is 15.6. The number of benzene rings is 1. The van der Waals surface area contributed by atoms with Gasteiger partial charge < -0.3 is 16.2 Å². The number of likely N-dealkylation sites (N-methyl/N-ethyl adjacent to an activating group) is 1. The van der Waals surface area contributed by atoms with E-state index < -0.39 is 5.54 Å². The Morgan fingerprint density at radius 3 is 2.42 bits per heavy atom. The maximum absolute atomic E-state index is 11.9. The molecule has 0 aliphatic heterocycles. The van der Waals surface area contributed by atoms with Crippen LogP contribution in [0.25, 0.3) is 0 Å². The van der Waals surface area contributed by atoms with Crippen LogP contribution in [0, 0.1) is 0 Å². The molecule has 19 heavy (non-hydrogen) atoms. The van der Waals surface area contributed by atoms with E-state index in [-0.39, 0.29) is 19.1 Å². The van der Waals surface area contributed by atoms with Crippen LogP contribution in [-0.2, 0) is 11.3 Å². The smallest absolute Gasteiger partial charge is 0.238 e. The second-order valence-electron chi connectivity index (χ2n) is 5.28. The fourth-order valence-electron chi connectivity index (χ4n) is 1.47. The zero-order valence-electron chi connectivity index (χ0n) is 11.8. The van der Waals surface area contributed by atoms with Crippen molar-refractivity contribution in [1.29, 1.82) is 0 Å². The van der Waals surface area contributed by atoms with Crippen LogP contribution < -0.4 is 11.1 Å². The van der Waals surface area contributed by atoms with Crippen molar-refractivity contribution in [2.45, 2.75) is 25.9 Å². The minimum Gasteiger partial charge on any atom is -0.394 e. The number of nitrogens with zero attached hydrogens (tertiary/aromatic N) is 1. The molecule has 0 saturated heterocycles. The van der Waals surface area contributed by atoms with Gasteiger partial charge >= 0.3 is 0 Å². The summed E-state index contributed by atoms with van der Waals surface area (Å²) >= 11 is 0. The number of carbonyl (C=O) groups is 1. The zero-order chi connectivity index (χ0) is 14.5. The summed E-state index contributed by atoms with van der Waals surface area (Å²) in [5.41, 5.74) is 6.87. The number of amides is 1. The molecule has 0 aliphatic rings. The van der Waals surface area contributed by atoms with Gasteiger partial charge in [0, 0.05) is 17.8 Å². The van der Waals surface area contributed by atoms with Gasteiger partial charge in [-0.3, -0.25) is 9.69 Å². The van der Waals surface area contributed by atoms with Crippen LogP contribution in [-0.4, -0.2) is 41.7 Å². The number of rotatable bonds is 6. The minimum atomic E-state index is -0.416. The number of nitrogens with one attached hydrogen (secondary N) is 1. The van der Waals surface area contributed by atoms with Gasteiger partial charge in [-0.2, -0.15) is 0 Å². The van der Waals surface area contributed by atoms with Crippen molar-refractivity contribution in [2.24, 2.45) is 5.73 Å². The summed E-state index contributed by atoms with van der Waals surface area (Å²) < 4.78 is 0. The van der Waals surface area contributed by atoms with Crippen molar-refractivity contribution in [3.8, 4) is 0 Å². The number of aliphatic hydroxyl groups excluding tert-OH is 1. The Kier molecular flexibility index (Phi) is 5.47. The highest BCUT2D eigenvalue weighted by Crippen LogP contribution is 2.12. The van der Waals surface area contributed by atoms with Gasteiger partial charge in [-0.05, 0) is 38.6 Å². The number of nitrogens with two attached hydrogens (primary N) is 1. The molecule has 0 fully saturated rings. The average molecular weight is 265 g/mol. The first-order valence-corrected chi connectivity index (χ1v) is 6.30. The van der Waals surface area contributed by atoms with E-state index in [0.29, 0.717) is 6.54 Å². The van der Waals surface area contributed by atoms with Crippen molar-refractivity contribution >= 4 is 11.6 Å². The Bertz CT molecular complexity index is 415. The van der Waals surface area contributed by atoms with Gasteiger partial charge in [0.25, 0.3) is 0 Å². The fourth-order valence-corrected chi connectivity index (χ4v) is 1.47. The van der Waals surface area contributed by atoms with Gasteiger partial charge in [-0.15, -0.1) is 0 Å². The first-order chi connectivity index (χ1) is 8.89. The topological polar surface area (TPSA) is 78.6 Å². The number of hydrogen-bond acceptors (Lipinski definition) is 4. The molecule has 1 aromatic rings. The quantitative estimate of drug-likeness (QED) is 0.710. The van der Waals surface area contributed by atoms with E-state index in [2.05, 4.69) is 5.32 Å². The number of carbonyl (C=O) groups excluding carboxylic acids is 1. The van der Waals surface area contributed by atoms with E-state index in [1.54, 1.807) is 0 Å². The van der Waals surface area contributed by atoms with Gasteiger partial charge in [0.1, 0.15) is 0 Å². The van der Waals surface area contributed by atoms with E-state index in [4.69, 9.17) is 5.73 Å². The Morgan fingerprint density at radius 1 is 1.37 bits per heavy atom. The summed E-state index contributed by atoms with van der Waals surface area (Å²) in [4.78, 5) is 13.7. The Morgan fingerprint density at radius 2 is 1.95 bits per heavy atom. The summed E-state index contributed by atoms with van der Waals surface area (Å²) in [5, 5.41) is 12.1. The maximum Gasteiger partial charge on any atom is 0.238 e. The Balaban J connectivity index is 2.55. The molecule has 5 nitrogen and oxygen atoms in total. The third-order valence-corrected chi connectivity index (χ3v) is 3.27. The monoisotopic (exact) mass is 265 g/mol. The zero-order valence-corrected chi connectivity index (χ0v) is 11.8. The Labute approximate surface area is 114 Å². The molecule has 1 aromatic carbocycles. The van der Waals surface area contributed by atoms with Crippen LogP contribution in [0.5, 0.6) is 0 Å². The van der Waals surface area contributed by atoms with Crippen molar-refractivity contribution in [3.05, 3.63) is 29.8 Å². The lowest BCUT2D eigenvalue weighted by atomic mass is 10.1. The van der Waals surface area contributed by atoms with E-state index >= 15 is 0 Å². The second kappa shape index (κ2) is 6.65. The van der Waals surface area contributed by atoms with Crippen LogP contribution in [0.15, 0.2) is 24.3 Å². The summed E-state index contributed by atoms with van der Waals surface area (Å²) in [6.45, 7) is 4.49. The molecular formula is C14H23N3O2. The Hall–Kier alpha value is -1.43. The molecular weight excluding hydrogens is 242 g/mol. The highest BCUT2D eigenvalue weighted by molar-refractivity contribution is 5.92. The van der Waals surface area contributed by atoms with Gasteiger partial charge in [-0.1, -0.05) is 12.1 Å². The molecule has 0 atom stereocenters. The van der Waals surface area contributed by atoms with Crippen LogP contribution in [0.3, 0.4) is 0 Å². The van der Waals surface area contributed by atoms with Crippen LogP contribution >= 0.6 is 0 Å². The number of hydrogen-bond donors (Lipinski definition) is 3. The summed E-state index contributed by atoms with van der Waals surface area (Å²) in [5.74, 6) is -0.107. The van der Waals surface area contributed by atoms with Crippen molar-refractivity contribution in [3.63, 3.8) is 0 Å². The highest BCUT2D eigenvalue weighted by Gasteiger charge is 2.24. The van der Waals surface area contributed by atoms with Gasteiger partial charge in [0.15, 0.2) is 0 Å². The molecule has 4 N–H and O–H groups in total. The SMILES string of the molecule is CN(CC(=O)Nc1ccc(CN)cc1)C(C)(C)CO. The molecule has 0 aliphatic carbocycles. The van der Waals surface area contributed by atoms with Gasteiger partial charge in [0.2, 0.25) is 5.91 Å². The fraction of sp³-hybridized carbons (Fsp3) is 0.500. The molecule has 0 saturated carbocycles. The summed E-state index contributed by atoms with van der Waals surface area (Å²) in [6.07, 6.45) is 0. The van der Waals surface area contributed by atoms with Crippen molar-refractivity contribution in [2.75, 3.05) is 25.5 Å². The van der Waals surface area contributed by atoms with Crippen molar-refractivity contribution in [1.82, 2.24) is 4.90 Å². The normalized spacial score (nSPS) is 11.7. The number of anilines is 1. The molecule has 0 unspecified atom stereocenters. The molecule has 0 spiro atoms. The first-order valence-electron chi connectivity index (χ1n) is 6.30. The highest BCUT2D eigenvalue weighted by atomic mass is 16.3. The third-order valence-electron chi connectivity index (χ3n) is 3.27. The molecule has 0 heterocycles. The van der Waals surface area contributed by atoms with E-state index in [1.165, 1.54) is 0 Å². The van der Waals surface area contributed by atoms with E-state index in [9.17, 15) is 9.90 Å². The van der Waals surface area contributed by atoms with E-state index in [0.717, 1.165) is 11.3 Å². The summed E-state index contributed by atoms with van der Waals surface area (Å²) in [7, 11) is 1.81. The van der Waals surface area contributed by atoms with Crippen molar-refractivity contribution < 1.29 is 9.90 Å². The molecule has 1 amide bonds. The predicted molar refractivity (Wildman–Crippen MR) is 76.8 cm³/mol. The molecule has 106 valence electrons. The molecule has 0 aromatic heterocycles. The van der Waals surface area contributed by atoms with Crippen LogP contribution in [0.4, 0.5) is 5.69 Å². The lowest BCUT2D eigenvalue weighted by Gasteiger charge is -2.33. The summed E-state index contributed by atoms with van der Waals surface area (Å²) in [6, 6.07) is 7.43. The lowest BCUT2D eigenvalue weighted by Crippen LogP contribution is -2.47. The molecule has 0 radical (unpaired) electrons. The van der Waals surface area contributed by atoms with Crippen LogP contribution in [0.2, 0.25) is 0 Å². The van der Waals surface area contributed by atoms with Gasteiger partial charge in [-0.25, -0.2) is 0 Å². The minimum absolute atomic E-state index is 0.00196. The van der Waals surface area contributed by atoms with E-state index in [1.807, 2.05) is 50.1 Å². The average Bonchev–Trinajstić information content (AvgIpc) is 2.39.